The van der Waals surface area contributed by atoms with E-state index in [1.165, 1.54) is 0 Å². The zero-order chi connectivity index (χ0) is 18.2. The fourth-order valence-corrected chi connectivity index (χ4v) is 3.40. The van der Waals surface area contributed by atoms with Crippen LogP contribution in [0.5, 0.6) is 5.88 Å². The van der Waals surface area contributed by atoms with Crippen LogP contribution in [0.15, 0.2) is 18.3 Å². The van der Waals surface area contributed by atoms with Crippen molar-refractivity contribution in [1.29, 1.82) is 0 Å². The van der Waals surface area contributed by atoms with Gasteiger partial charge in [-0.1, -0.05) is 17.7 Å². The van der Waals surface area contributed by atoms with Gasteiger partial charge in [0.2, 0.25) is 5.88 Å². The number of carbonyl (C=O) groups is 1. The van der Waals surface area contributed by atoms with Crippen LogP contribution in [-0.2, 0) is 9.47 Å². The molecule has 1 fully saturated rings. The van der Waals surface area contributed by atoms with Crippen LogP contribution < -0.4 is 4.74 Å². The quantitative estimate of drug-likeness (QED) is 0.801. The molecule has 2 unspecified atom stereocenters. The summed E-state index contributed by atoms with van der Waals surface area (Å²) in [5.74, 6) is 0.510. The number of fused-ring (bicyclic) bond motifs is 2. The van der Waals surface area contributed by atoms with E-state index >= 15 is 0 Å². The Labute approximate surface area is 152 Å². The van der Waals surface area contributed by atoms with Gasteiger partial charge in [-0.15, -0.1) is 0 Å². The van der Waals surface area contributed by atoms with Crippen molar-refractivity contribution in [1.82, 2.24) is 9.88 Å². The Balaban J connectivity index is 1.90. The smallest absolute Gasteiger partial charge is 0.411 e. The number of amides is 1. The Morgan fingerprint density at radius 2 is 2.16 bits per heavy atom. The highest BCUT2D eigenvalue weighted by atomic mass is 35.5. The van der Waals surface area contributed by atoms with Crippen LogP contribution in [-0.4, -0.2) is 54.0 Å². The molecule has 1 amide bonds. The third-order valence-corrected chi connectivity index (χ3v) is 4.49. The van der Waals surface area contributed by atoms with Crippen LogP contribution in [0.4, 0.5) is 4.79 Å². The van der Waals surface area contributed by atoms with Gasteiger partial charge in [-0.05, 0) is 32.8 Å². The second-order valence-corrected chi connectivity index (χ2v) is 7.66. The van der Waals surface area contributed by atoms with E-state index in [0.29, 0.717) is 30.5 Å². The summed E-state index contributed by atoms with van der Waals surface area (Å²) in [7, 11) is 1.57. The predicted octanol–water partition coefficient (Wildman–Crippen LogP) is 3.54. The molecular formula is C18H23ClN2O4. The molecule has 1 saturated heterocycles. The molecular weight excluding hydrogens is 344 g/mol. The number of hydrogen-bond donors (Lipinski definition) is 0. The molecule has 2 atom stereocenters. The highest BCUT2D eigenvalue weighted by Gasteiger charge is 2.40. The first-order valence-electron chi connectivity index (χ1n) is 8.28. The van der Waals surface area contributed by atoms with Gasteiger partial charge in [-0.3, -0.25) is 4.90 Å². The molecule has 0 N–H and O–H groups in total. The molecule has 0 saturated carbocycles. The van der Waals surface area contributed by atoms with E-state index in [4.69, 9.17) is 25.8 Å². The van der Waals surface area contributed by atoms with E-state index in [2.05, 4.69) is 4.98 Å². The first kappa shape index (κ1) is 18.0. The molecule has 0 spiro atoms. The monoisotopic (exact) mass is 366 g/mol. The number of ether oxygens (including phenoxy) is 3. The Bertz CT molecular complexity index is 699. The Kier molecular flexibility index (Phi) is 4.93. The van der Waals surface area contributed by atoms with Crippen molar-refractivity contribution in [2.24, 2.45) is 0 Å². The largest absolute Gasteiger partial charge is 0.481 e. The number of carbonyl (C=O) groups excluding carboxylic acids is 1. The van der Waals surface area contributed by atoms with Gasteiger partial charge in [-0.25, -0.2) is 9.78 Å². The van der Waals surface area contributed by atoms with Crippen molar-refractivity contribution in [2.75, 3.05) is 20.3 Å². The van der Waals surface area contributed by atoms with Crippen molar-refractivity contribution in [3.63, 3.8) is 0 Å². The lowest BCUT2D eigenvalue weighted by Gasteiger charge is -2.44. The second kappa shape index (κ2) is 6.84. The van der Waals surface area contributed by atoms with E-state index < -0.39 is 5.60 Å². The molecule has 25 heavy (non-hydrogen) atoms. The SMILES string of the molecule is COc1cc(C2=CC3COCC(C2)N3C(=O)OC(C)(C)C)c(Cl)cn1. The van der Waals surface area contributed by atoms with Crippen LogP contribution in [0.25, 0.3) is 5.57 Å². The predicted molar refractivity (Wildman–Crippen MR) is 94.9 cm³/mol. The van der Waals surface area contributed by atoms with E-state index in [1.54, 1.807) is 18.2 Å². The summed E-state index contributed by atoms with van der Waals surface area (Å²) in [4.78, 5) is 18.5. The minimum absolute atomic E-state index is 0.0798. The number of rotatable bonds is 2. The Morgan fingerprint density at radius 1 is 1.40 bits per heavy atom. The van der Waals surface area contributed by atoms with Crippen LogP contribution in [0.1, 0.15) is 32.8 Å². The zero-order valence-corrected chi connectivity index (χ0v) is 15.7. The molecule has 2 aliphatic rings. The molecule has 2 bridgehead atoms. The van der Waals surface area contributed by atoms with Gasteiger partial charge in [0.15, 0.2) is 0 Å². The average Bonchev–Trinajstić information content (AvgIpc) is 2.52. The van der Waals surface area contributed by atoms with E-state index in [9.17, 15) is 4.79 Å². The lowest BCUT2D eigenvalue weighted by atomic mass is 9.90. The van der Waals surface area contributed by atoms with Crippen LogP contribution in [0.3, 0.4) is 0 Å². The topological polar surface area (TPSA) is 60.9 Å². The molecule has 3 heterocycles. The standard InChI is InChI=1S/C18H23ClN2O4/c1-18(2,3)25-17(22)21-12-5-11(6-13(21)10-24-9-12)14-7-16(23-4)20-8-15(14)19/h5,7-8,12-13H,6,9-10H2,1-4H3. The lowest BCUT2D eigenvalue weighted by molar-refractivity contribution is -0.0510. The number of hydrogen-bond acceptors (Lipinski definition) is 5. The Morgan fingerprint density at radius 3 is 2.80 bits per heavy atom. The first-order valence-corrected chi connectivity index (χ1v) is 8.66. The van der Waals surface area contributed by atoms with Gasteiger partial charge in [-0.2, -0.15) is 0 Å². The van der Waals surface area contributed by atoms with Gasteiger partial charge in [0.1, 0.15) is 5.60 Å². The molecule has 6 nitrogen and oxygen atoms in total. The molecule has 0 aromatic carbocycles. The summed E-state index contributed by atoms with van der Waals surface area (Å²) in [6.45, 7) is 6.52. The second-order valence-electron chi connectivity index (χ2n) is 7.25. The molecule has 1 aromatic heterocycles. The summed E-state index contributed by atoms with van der Waals surface area (Å²) < 4.78 is 16.4. The molecule has 136 valence electrons. The minimum atomic E-state index is -0.530. The molecule has 1 aromatic rings. The first-order chi connectivity index (χ1) is 11.8. The molecule has 2 aliphatic heterocycles. The third kappa shape index (κ3) is 3.90. The van der Waals surface area contributed by atoms with E-state index in [1.807, 2.05) is 32.9 Å². The van der Waals surface area contributed by atoms with E-state index in [-0.39, 0.29) is 18.2 Å². The average molecular weight is 367 g/mol. The molecule has 3 rings (SSSR count). The fraction of sp³-hybridized carbons (Fsp3) is 0.556. The highest BCUT2D eigenvalue weighted by molar-refractivity contribution is 6.32. The van der Waals surface area contributed by atoms with Crippen molar-refractivity contribution < 1.29 is 19.0 Å². The maximum atomic E-state index is 12.6. The van der Waals surface area contributed by atoms with Crippen molar-refractivity contribution in [2.45, 2.75) is 44.9 Å². The van der Waals surface area contributed by atoms with E-state index in [0.717, 1.165) is 11.1 Å². The lowest BCUT2D eigenvalue weighted by Crippen LogP contribution is -2.57. The van der Waals surface area contributed by atoms with Gasteiger partial charge in [0, 0.05) is 11.6 Å². The summed E-state index contributed by atoms with van der Waals surface area (Å²) >= 11 is 6.33. The Hall–Kier alpha value is -1.79. The van der Waals surface area contributed by atoms with Gasteiger partial charge in [0.25, 0.3) is 0 Å². The normalized spacial score (nSPS) is 23.1. The molecule has 0 radical (unpaired) electrons. The highest BCUT2D eigenvalue weighted by Crippen LogP contribution is 2.36. The number of aromatic nitrogens is 1. The number of morpholine rings is 1. The zero-order valence-electron chi connectivity index (χ0n) is 14.9. The van der Waals surface area contributed by atoms with Crippen molar-refractivity contribution in [3.8, 4) is 5.88 Å². The molecule has 0 aliphatic carbocycles. The van der Waals surface area contributed by atoms with Crippen LogP contribution in [0, 0.1) is 0 Å². The van der Waals surface area contributed by atoms with Crippen LogP contribution in [0.2, 0.25) is 5.02 Å². The molecule has 7 heteroatoms. The summed E-state index contributed by atoms with van der Waals surface area (Å²) in [6.07, 6.45) is 3.95. The van der Waals surface area contributed by atoms with Gasteiger partial charge < -0.3 is 14.2 Å². The van der Waals surface area contributed by atoms with Crippen LogP contribution >= 0.6 is 11.6 Å². The number of pyridine rings is 1. The fourth-order valence-electron chi connectivity index (χ4n) is 3.17. The van der Waals surface area contributed by atoms with Gasteiger partial charge in [0.05, 0.1) is 43.6 Å². The van der Waals surface area contributed by atoms with Crippen molar-refractivity contribution in [3.05, 3.63) is 28.9 Å². The summed E-state index contributed by atoms with van der Waals surface area (Å²) in [6, 6.07) is 1.57. The van der Waals surface area contributed by atoms with Crippen molar-refractivity contribution >= 4 is 23.3 Å². The third-order valence-electron chi connectivity index (χ3n) is 4.19. The minimum Gasteiger partial charge on any atom is -0.481 e. The maximum absolute atomic E-state index is 12.6. The summed E-state index contributed by atoms with van der Waals surface area (Å²) in [5.41, 5.74) is 1.43. The number of nitrogens with zero attached hydrogens (tertiary/aromatic N) is 2. The number of methoxy groups -OCH3 is 1. The van der Waals surface area contributed by atoms with Gasteiger partial charge >= 0.3 is 6.09 Å². The summed E-state index contributed by atoms with van der Waals surface area (Å²) in [5, 5.41) is 0.566. The maximum Gasteiger partial charge on any atom is 0.411 e. The number of halogens is 1.